The van der Waals surface area contributed by atoms with Gasteiger partial charge in [0.25, 0.3) is 5.91 Å². The SMILES string of the molecule is CC=CCn1c(C(=O)NCc2ccc(F)cc2)cc2scc(Br)c21. The lowest BCUT2D eigenvalue weighted by molar-refractivity contribution is 0.0942. The third kappa shape index (κ3) is 3.44. The molecule has 0 spiro atoms. The molecule has 0 atom stereocenters. The molecule has 1 amide bonds. The molecule has 0 saturated heterocycles. The highest BCUT2D eigenvalue weighted by molar-refractivity contribution is 9.10. The highest BCUT2D eigenvalue weighted by atomic mass is 79.9. The zero-order chi connectivity index (χ0) is 17.1. The summed E-state index contributed by atoms with van der Waals surface area (Å²) in [6.45, 7) is 2.95. The lowest BCUT2D eigenvalue weighted by atomic mass is 10.2. The molecule has 124 valence electrons. The van der Waals surface area contributed by atoms with Gasteiger partial charge in [0.15, 0.2) is 0 Å². The summed E-state index contributed by atoms with van der Waals surface area (Å²) in [6, 6.07) is 8.04. The lowest BCUT2D eigenvalue weighted by Gasteiger charge is -2.09. The highest BCUT2D eigenvalue weighted by Gasteiger charge is 2.17. The van der Waals surface area contributed by atoms with Crippen molar-refractivity contribution in [3.63, 3.8) is 0 Å². The molecule has 0 aliphatic rings. The van der Waals surface area contributed by atoms with Crippen molar-refractivity contribution in [1.82, 2.24) is 9.88 Å². The van der Waals surface area contributed by atoms with Crippen molar-refractivity contribution < 1.29 is 9.18 Å². The molecule has 2 heterocycles. The Hall–Kier alpha value is -1.92. The van der Waals surface area contributed by atoms with Crippen LogP contribution >= 0.6 is 27.3 Å². The van der Waals surface area contributed by atoms with Gasteiger partial charge in [-0.25, -0.2) is 4.39 Å². The summed E-state index contributed by atoms with van der Waals surface area (Å²) in [5.41, 5.74) is 2.52. The molecular formula is C18H16BrFN2OS. The van der Waals surface area contributed by atoms with Crippen LogP contribution in [0.1, 0.15) is 23.0 Å². The number of fused-ring (bicyclic) bond motifs is 1. The van der Waals surface area contributed by atoms with Gasteiger partial charge in [0.1, 0.15) is 11.5 Å². The first kappa shape index (κ1) is 16.9. The van der Waals surface area contributed by atoms with Gasteiger partial charge in [0, 0.05) is 18.5 Å². The number of carbonyl (C=O) groups excluding carboxylic acids is 1. The van der Waals surface area contributed by atoms with Gasteiger partial charge in [-0.2, -0.15) is 0 Å². The number of benzene rings is 1. The zero-order valence-corrected chi connectivity index (χ0v) is 15.5. The Labute approximate surface area is 151 Å². The molecule has 3 aromatic rings. The quantitative estimate of drug-likeness (QED) is 0.586. The van der Waals surface area contributed by atoms with Crippen molar-refractivity contribution in [2.75, 3.05) is 0 Å². The first-order chi connectivity index (χ1) is 11.6. The van der Waals surface area contributed by atoms with Crippen LogP contribution in [-0.2, 0) is 13.1 Å². The van der Waals surface area contributed by atoms with Gasteiger partial charge in [0.05, 0.1) is 14.7 Å². The van der Waals surface area contributed by atoms with Crippen molar-refractivity contribution in [3.8, 4) is 0 Å². The Bertz CT molecular complexity index is 896. The van der Waals surface area contributed by atoms with Gasteiger partial charge in [-0.15, -0.1) is 11.3 Å². The van der Waals surface area contributed by atoms with Gasteiger partial charge in [-0.1, -0.05) is 24.3 Å². The molecule has 0 unspecified atom stereocenters. The molecule has 3 rings (SSSR count). The standard InChI is InChI=1S/C18H16BrFN2OS/c1-2-3-8-22-15(9-16-17(22)14(19)11-24-16)18(23)21-10-12-4-6-13(20)7-5-12/h2-7,9,11H,8,10H2,1H3,(H,21,23). The van der Waals surface area contributed by atoms with E-state index in [2.05, 4.69) is 21.2 Å². The van der Waals surface area contributed by atoms with Crippen LogP contribution in [0, 0.1) is 5.82 Å². The molecule has 1 N–H and O–H groups in total. The molecular weight excluding hydrogens is 391 g/mol. The number of rotatable bonds is 5. The third-order valence-electron chi connectivity index (χ3n) is 3.70. The second-order valence-corrected chi connectivity index (χ2v) is 7.08. The van der Waals surface area contributed by atoms with E-state index >= 15 is 0 Å². The average Bonchev–Trinajstić information content (AvgIpc) is 3.12. The molecule has 24 heavy (non-hydrogen) atoms. The number of aromatic nitrogens is 1. The summed E-state index contributed by atoms with van der Waals surface area (Å²) in [5, 5.41) is 4.93. The van der Waals surface area contributed by atoms with Gasteiger partial charge in [-0.05, 0) is 46.6 Å². The maximum Gasteiger partial charge on any atom is 0.268 e. The van der Waals surface area contributed by atoms with Gasteiger partial charge in [-0.3, -0.25) is 4.79 Å². The minimum Gasteiger partial charge on any atom is -0.347 e. The van der Waals surface area contributed by atoms with Crippen LogP contribution in [0.4, 0.5) is 4.39 Å². The predicted molar refractivity (Wildman–Crippen MR) is 99.9 cm³/mol. The van der Waals surface area contributed by atoms with E-state index in [4.69, 9.17) is 0 Å². The fourth-order valence-corrected chi connectivity index (χ4v) is 4.19. The summed E-state index contributed by atoms with van der Waals surface area (Å²) >= 11 is 5.16. The Balaban J connectivity index is 1.84. The maximum atomic E-state index is 12.9. The number of nitrogens with one attached hydrogen (secondary N) is 1. The predicted octanol–water partition coefficient (Wildman–Crippen LogP) is 5.11. The highest BCUT2D eigenvalue weighted by Crippen LogP contribution is 2.33. The Morgan fingerprint density at radius 1 is 1.38 bits per heavy atom. The fraction of sp³-hybridized carbons (Fsp3) is 0.167. The number of nitrogens with zero attached hydrogens (tertiary/aromatic N) is 1. The van der Waals surface area contributed by atoms with Crippen LogP contribution in [0.3, 0.4) is 0 Å². The molecule has 0 radical (unpaired) electrons. The summed E-state index contributed by atoms with van der Waals surface area (Å²) < 4.78 is 17.0. The fourth-order valence-electron chi connectivity index (χ4n) is 2.50. The normalized spacial score (nSPS) is 11.5. The smallest absolute Gasteiger partial charge is 0.268 e. The molecule has 0 saturated carbocycles. The topological polar surface area (TPSA) is 34.0 Å². The summed E-state index contributed by atoms with van der Waals surface area (Å²) in [7, 11) is 0. The van der Waals surface area contributed by atoms with Crippen molar-refractivity contribution in [1.29, 1.82) is 0 Å². The first-order valence-electron chi connectivity index (χ1n) is 7.50. The zero-order valence-electron chi connectivity index (χ0n) is 13.1. The molecule has 6 heteroatoms. The monoisotopic (exact) mass is 406 g/mol. The maximum absolute atomic E-state index is 12.9. The first-order valence-corrected chi connectivity index (χ1v) is 9.17. The summed E-state index contributed by atoms with van der Waals surface area (Å²) in [6.07, 6.45) is 3.98. The van der Waals surface area contributed by atoms with Crippen molar-refractivity contribution >= 4 is 43.4 Å². The van der Waals surface area contributed by atoms with Gasteiger partial charge >= 0.3 is 0 Å². The van der Waals surface area contributed by atoms with Crippen LogP contribution in [-0.4, -0.2) is 10.5 Å². The van der Waals surface area contributed by atoms with E-state index in [1.54, 1.807) is 23.5 Å². The van der Waals surface area contributed by atoms with E-state index in [0.29, 0.717) is 18.8 Å². The number of hydrogen-bond acceptors (Lipinski definition) is 2. The van der Waals surface area contributed by atoms with Crippen LogP contribution in [0.5, 0.6) is 0 Å². The van der Waals surface area contributed by atoms with Crippen LogP contribution in [0.2, 0.25) is 0 Å². The summed E-state index contributed by atoms with van der Waals surface area (Å²) in [5.74, 6) is -0.422. The van der Waals surface area contributed by atoms with Crippen LogP contribution in [0.15, 0.2) is 52.3 Å². The number of hydrogen-bond donors (Lipinski definition) is 1. The van der Waals surface area contributed by atoms with E-state index in [1.807, 2.05) is 35.1 Å². The molecule has 3 nitrogen and oxygen atoms in total. The largest absolute Gasteiger partial charge is 0.347 e. The number of allylic oxidation sites excluding steroid dienone is 2. The van der Waals surface area contributed by atoms with E-state index in [9.17, 15) is 9.18 Å². The Kier molecular flexibility index (Phi) is 5.16. The molecule has 1 aromatic carbocycles. The minimum absolute atomic E-state index is 0.140. The van der Waals surface area contributed by atoms with E-state index in [1.165, 1.54) is 12.1 Å². The van der Waals surface area contributed by atoms with Gasteiger partial charge in [0.2, 0.25) is 0 Å². The Morgan fingerprint density at radius 2 is 2.12 bits per heavy atom. The van der Waals surface area contributed by atoms with Crippen LogP contribution in [0.25, 0.3) is 10.2 Å². The second-order valence-electron chi connectivity index (χ2n) is 5.31. The number of carbonyl (C=O) groups is 1. The Morgan fingerprint density at radius 3 is 2.83 bits per heavy atom. The van der Waals surface area contributed by atoms with Crippen LogP contribution < -0.4 is 5.32 Å². The van der Waals surface area contributed by atoms with Crippen molar-refractivity contribution in [3.05, 3.63) is 69.4 Å². The van der Waals surface area contributed by atoms with Gasteiger partial charge < -0.3 is 9.88 Å². The molecule has 2 aromatic heterocycles. The molecule has 0 aliphatic carbocycles. The number of halogens is 2. The van der Waals surface area contributed by atoms with E-state index in [0.717, 1.165) is 20.3 Å². The van der Waals surface area contributed by atoms with Crippen molar-refractivity contribution in [2.45, 2.75) is 20.0 Å². The van der Waals surface area contributed by atoms with E-state index in [-0.39, 0.29) is 11.7 Å². The summed E-state index contributed by atoms with van der Waals surface area (Å²) in [4.78, 5) is 12.6. The minimum atomic E-state index is -0.282. The van der Waals surface area contributed by atoms with E-state index < -0.39 is 0 Å². The molecule has 0 aliphatic heterocycles. The second kappa shape index (κ2) is 7.32. The number of thiophene rings is 1. The molecule has 0 bridgehead atoms. The average molecular weight is 407 g/mol. The lowest BCUT2D eigenvalue weighted by Crippen LogP contribution is -2.25. The molecule has 0 fully saturated rings. The third-order valence-corrected chi connectivity index (χ3v) is 5.53. The number of amides is 1. The van der Waals surface area contributed by atoms with Crippen molar-refractivity contribution in [2.24, 2.45) is 0 Å².